The minimum atomic E-state index is -3.61. The molecule has 0 heterocycles. The summed E-state index contributed by atoms with van der Waals surface area (Å²) in [6.07, 6.45) is 12.7. The van der Waals surface area contributed by atoms with E-state index in [-0.39, 0.29) is 39.4 Å². The molecule has 9 atom stereocenters. The lowest BCUT2D eigenvalue weighted by molar-refractivity contribution is -0.224. The number of carboxylic acid groups (broad SMARTS) is 1. The highest BCUT2D eigenvalue weighted by atomic mass is 32.2. The van der Waals surface area contributed by atoms with E-state index in [0.717, 1.165) is 68.9 Å². The van der Waals surface area contributed by atoms with Crippen molar-refractivity contribution in [3.8, 4) is 0 Å². The Morgan fingerprint density at radius 2 is 1.53 bits per heavy atom. The molecule has 6 nitrogen and oxygen atoms in total. The molecule has 6 aliphatic carbocycles. The van der Waals surface area contributed by atoms with Gasteiger partial charge >= 0.3 is 5.97 Å². The Morgan fingerprint density at radius 3 is 2.15 bits per heavy atom. The maximum Gasteiger partial charge on any atom is 0.335 e. The minimum Gasteiger partial charge on any atom is -0.478 e. The number of carbonyl (C=O) groups excluding carboxylic acids is 1. The summed E-state index contributed by atoms with van der Waals surface area (Å²) < 4.78 is 28.7. The molecule has 5 saturated carbocycles. The predicted octanol–water partition coefficient (Wildman–Crippen LogP) is 8.64. The molecular formula is C40H55NO5S. The van der Waals surface area contributed by atoms with E-state index < -0.39 is 26.7 Å². The van der Waals surface area contributed by atoms with Crippen molar-refractivity contribution in [3.05, 3.63) is 53.6 Å². The van der Waals surface area contributed by atoms with Crippen LogP contribution in [0.15, 0.2) is 42.5 Å². The van der Waals surface area contributed by atoms with Crippen LogP contribution in [0.5, 0.6) is 0 Å². The van der Waals surface area contributed by atoms with E-state index in [1.807, 2.05) is 12.1 Å². The lowest BCUT2D eigenvalue weighted by Gasteiger charge is -2.72. The van der Waals surface area contributed by atoms with Gasteiger partial charge in [0.15, 0.2) is 0 Å². The molecule has 0 radical (unpaired) electrons. The fourth-order valence-electron chi connectivity index (χ4n) is 13.1. The Kier molecular flexibility index (Phi) is 7.43. The Hall–Kier alpha value is -2.41. The minimum absolute atomic E-state index is 0.0482. The average molecular weight is 662 g/mol. The number of sulfonamides is 1. The molecule has 0 aliphatic heterocycles. The van der Waals surface area contributed by atoms with E-state index in [2.05, 4.69) is 58.9 Å². The molecule has 0 aromatic heterocycles. The third kappa shape index (κ3) is 4.56. The van der Waals surface area contributed by atoms with Crippen molar-refractivity contribution in [1.82, 2.24) is 4.72 Å². The summed E-state index contributed by atoms with van der Waals surface area (Å²) in [6, 6.07) is 7.43. The molecule has 0 bridgehead atoms. The topological polar surface area (TPSA) is 101 Å². The van der Waals surface area contributed by atoms with Crippen LogP contribution in [0.2, 0.25) is 0 Å². The maximum absolute atomic E-state index is 14.2. The van der Waals surface area contributed by atoms with Gasteiger partial charge in [-0.1, -0.05) is 65.0 Å². The van der Waals surface area contributed by atoms with E-state index >= 15 is 0 Å². The van der Waals surface area contributed by atoms with Crippen molar-refractivity contribution in [2.75, 3.05) is 0 Å². The lowest BCUT2D eigenvalue weighted by atomic mass is 9.32. The molecule has 7 rings (SSSR count). The molecule has 1 aromatic carbocycles. The first-order chi connectivity index (χ1) is 21.9. The van der Waals surface area contributed by atoms with Crippen molar-refractivity contribution in [3.63, 3.8) is 0 Å². The second-order valence-corrected chi connectivity index (χ2v) is 19.9. The second kappa shape index (κ2) is 10.5. The van der Waals surface area contributed by atoms with Gasteiger partial charge in [0.05, 0.1) is 16.2 Å². The molecule has 47 heavy (non-hydrogen) atoms. The van der Waals surface area contributed by atoms with Crippen molar-refractivity contribution in [2.45, 2.75) is 117 Å². The Morgan fingerprint density at radius 1 is 0.851 bits per heavy atom. The zero-order valence-corrected chi connectivity index (χ0v) is 30.1. The van der Waals surface area contributed by atoms with Crippen molar-refractivity contribution in [2.24, 2.45) is 56.7 Å². The number of hydrogen-bond donors (Lipinski definition) is 2. The van der Waals surface area contributed by atoms with Gasteiger partial charge in [0, 0.05) is 0 Å². The fourth-order valence-corrected chi connectivity index (χ4v) is 14.5. The van der Waals surface area contributed by atoms with Gasteiger partial charge in [0.1, 0.15) is 0 Å². The van der Waals surface area contributed by atoms with Crippen LogP contribution in [0.1, 0.15) is 128 Å². The summed E-state index contributed by atoms with van der Waals surface area (Å²) in [4.78, 5) is 25.7. The molecule has 0 saturated heterocycles. The summed E-state index contributed by atoms with van der Waals surface area (Å²) in [6.45, 7) is 19.0. The predicted molar refractivity (Wildman–Crippen MR) is 186 cm³/mol. The van der Waals surface area contributed by atoms with Crippen LogP contribution in [0, 0.1) is 56.7 Å². The molecule has 5 fully saturated rings. The molecule has 1 aromatic rings. The van der Waals surface area contributed by atoms with Crippen LogP contribution in [-0.4, -0.2) is 30.7 Å². The number of allylic oxidation sites excluding steroid dienone is 3. The standard InChI is InChI=1S/C40H55NO5S/c1-24(2)28-16-21-40(35(44)41-47(45,46)27-12-13-27)23-22-38(6)30(33(28)40)14-15-32-37(5)19-17-29(25-8-10-26(11-9-25)34(42)43)36(3,4)31(37)18-20-39(32,38)7/h8-11,17,27-28,30-33H,1,12-16,18-23H2,2-7H3,(H,41,44)(H,42,43)/t28-,30?,31?,32?,33?,37-,38+,39+,40-/m0/s1. The largest absolute Gasteiger partial charge is 0.478 e. The van der Waals surface area contributed by atoms with E-state index in [1.54, 1.807) is 12.1 Å². The van der Waals surface area contributed by atoms with Crippen LogP contribution < -0.4 is 4.72 Å². The normalized spacial score (nSPS) is 42.2. The van der Waals surface area contributed by atoms with Crippen LogP contribution in [0.25, 0.3) is 5.57 Å². The number of benzene rings is 1. The van der Waals surface area contributed by atoms with Gasteiger partial charge in [0.2, 0.25) is 15.9 Å². The number of amides is 1. The maximum atomic E-state index is 14.2. The molecule has 7 heteroatoms. The number of fused-ring (bicyclic) bond motifs is 7. The molecule has 4 unspecified atom stereocenters. The molecule has 0 spiro atoms. The molecule has 1 amide bonds. The molecule has 6 aliphatic rings. The van der Waals surface area contributed by atoms with Crippen LogP contribution in [-0.2, 0) is 14.8 Å². The molecule has 2 N–H and O–H groups in total. The zero-order chi connectivity index (χ0) is 33.9. The summed E-state index contributed by atoms with van der Waals surface area (Å²) in [5.41, 5.74) is 3.52. The first-order valence-electron chi connectivity index (χ1n) is 18.2. The summed E-state index contributed by atoms with van der Waals surface area (Å²) in [5.74, 6) is 0.642. The quantitative estimate of drug-likeness (QED) is 0.297. The highest BCUT2D eigenvalue weighted by Gasteiger charge is 2.71. The van der Waals surface area contributed by atoms with Gasteiger partial charge < -0.3 is 5.11 Å². The summed E-state index contributed by atoms with van der Waals surface area (Å²) in [7, 11) is -3.61. The first kappa shape index (κ1) is 33.1. The van der Waals surface area contributed by atoms with Gasteiger partial charge in [-0.2, -0.15) is 0 Å². The van der Waals surface area contributed by atoms with Crippen LogP contribution in [0.3, 0.4) is 0 Å². The SMILES string of the molecule is C=C(C)[C@@H]1CC[C@]2(C(=O)NS(=O)(=O)C3CC3)CC[C@]3(C)C(CCC4[C@@]5(C)CC=C(c6ccc(C(=O)O)cc6)C(C)(C)C5CC[C@]43C)C12. The van der Waals surface area contributed by atoms with Gasteiger partial charge in [0.25, 0.3) is 0 Å². The summed E-state index contributed by atoms with van der Waals surface area (Å²) in [5, 5.41) is 9.05. The van der Waals surface area contributed by atoms with E-state index in [0.29, 0.717) is 36.2 Å². The smallest absolute Gasteiger partial charge is 0.335 e. The number of nitrogens with one attached hydrogen (secondary N) is 1. The number of rotatable bonds is 6. The van der Waals surface area contributed by atoms with Gasteiger partial charge in [-0.05, 0) is 152 Å². The van der Waals surface area contributed by atoms with E-state index in [9.17, 15) is 23.1 Å². The Labute approximate surface area is 282 Å². The third-order valence-electron chi connectivity index (χ3n) is 15.7. The second-order valence-electron chi connectivity index (χ2n) is 17.9. The molecular weight excluding hydrogens is 607 g/mol. The van der Waals surface area contributed by atoms with Gasteiger partial charge in [-0.15, -0.1) is 0 Å². The van der Waals surface area contributed by atoms with Crippen molar-refractivity contribution >= 4 is 27.5 Å². The van der Waals surface area contributed by atoms with Crippen LogP contribution in [0.4, 0.5) is 0 Å². The van der Waals surface area contributed by atoms with Gasteiger partial charge in [-0.25, -0.2) is 13.2 Å². The first-order valence-corrected chi connectivity index (χ1v) is 19.7. The van der Waals surface area contributed by atoms with Crippen molar-refractivity contribution < 1.29 is 23.1 Å². The zero-order valence-electron chi connectivity index (χ0n) is 29.3. The van der Waals surface area contributed by atoms with Crippen molar-refractivity contribution in [1.29, 1.82) is 0 Å². The monoisotopic (exact) mass is 661 g/mol. The highest BCUT2D eigenvalue weighted by molar-refractivity contribution is 7.90. The number of carbonyl (C=O) groups is 2. The Balaban J connectivity index is 1.23. The lowest BCUT2D eigenvalue weighted by Crippen LogP contribution is -2.66. The van der Waals surface area contributed by atoms with Crippen LogP contribution >= 0.6 is 0 Å². The average Bonchev–Trinajstić information content (AvgIpc) is 3.78. The fraction of sp³-hybridized carbons (Fsp3) is 0.700. The Bertz CT molecular complexity index is 1650. The number of hydrogen-bond acceptors (Lipinski definition) is 4. The number of carboxylic acids is 1. The molecule has 256 valence electrons. The highest BCUT2D eigenvalue weighted by Crippen LogP contribution is 2.77. The summed E-state index contributed by atoms with van der Waals surface area (Å²) >= 11 is 0. The van der Waals surface area contributed by atoms with E-state index in [4.69, 9.17) is 0 Å². The van der Waals surface area contributed by atoms with Gasteiger partial charge in [-0.3, -0.25) is 9.52 Å². The third-order valence-corrected chi connectivity index (χ3v) is 17.6. The number of aromatic carboxylic acids is 1. The van der Waals surface area contributed by atoms with E-state index in [1.165, 1.54) is 5.57 Å².